The van der Waals surface area contributed by atoms with Crippen molar-refractivity contribution in [3.05, 3.63) is 127 Å². The Hall–Kier alpha value is -3.87. The third kappa shape index (κ3) is 4.02. The molecule has 5 aromatic carbocycles. The fourth-order valence-corrected chi connectivity index (χ4v) is 7.75. The fourth-order valence-electron chi connectivity index (χ4n) is 5.28. The van der Waals surface area contributed by atoms with Crippen LogP contribution in [-0.2, 0) is 0 Å². The van der Waals surface area contributed by atoms with Gasteiger partial charge in [0.15, 0.2) is 0 Å². The Morgan fingerprint density at radius 1 is 0.622 bits per heavy atom. The van der Waals surface area contributed by atoms with Crippen molar-refractivity contribution in [2.75, 3.05) is 0 Å². The van der Waals surface area contributed by atoms with E-state index in [1.54, 1.807) is 0 Å². The highest BCUT2D eigenvalue weighted by atomic mass is 31.1. The molecule has 0 spiro atoms. The highest BCUT2D eigenvalue weighted by Crippen LogP contribution is 2.42. The number of benzene rings is 5. The van der Waals surface area contributed by atoms with Crippen LogP contribution in [0.25, 0.3) is 32.9 Å². The average Bonchev–Trinajstić information content (AvgIpc) is 2.96. The molecule has 0 unspecified atom stereocenters. The molecule has 37 heavy (non-hydrogen) atoms. The molecule has 1 aliphatic rings. The van der Waals surface area contributed by atoms with E-state index in [0.717, 1.165) is 41.4 Å². The zero-order valence-electron chi connectivity index (χ0n) is 21.5. The zero-order valence-corrected chi connectivity index (χ0v) is 21.4. The van der Waals surface area contributed by atoms with Crippen LogP contribution in [0.4, 0.5) is 0 Å². The second-order valence-electron chi connectivity index (χ2n) is 9.56. The summed E-state index contributed by atoms with van der Waals surface area (Å²) < 4.78 is 9.09. The Morgan fingerprint density at radius 2 is 1.24 bits per heavy atom. The lowest BCUT2D eigenvalue weighted by Gasteiger charge is -2.26. The normalized spacial score (nSPS) is 15.0. The van der Waals surface area contributed by atoms with Gasteiger partial charge >= 0.3 is 0 Å². The Balaban J connectivity index is 1.59. The summed E-state index contributed by atoms with van der Waals surface area (Å²) in [5.41, 5.74) is 3.01. The predicted octanol–water partition coefficient (Wildman–Crippen LogP) is 7.48. The maximum atomic E-state index is 9.09. The van der Waals surface area contributed by atoms with Gasteiger partial charge in [0, 0.05) is 18.2 Å². The summed E-state index contributed by atoms with van der Waals surface area (Å²) in [4.78, 5) is 10.2. The molecule has 0 bridgehead atoms. The third-order valence-electron chi connectivity index (χ3n) is 7.29. The summed E-state index contributed by atoms with van der Waals surface area (Å²) in [6.07, 6.45) is 2.68. The molecule has 0 N–H and O–H groups in total. The van der Waals surface area contributed by atoms with Crippen LogP contribution in [0.5, 0.6) is 0 Å². The van der Waals surface area contributed by atoms with Gasteiger partial charge in [0.2, 0.25) is 0 Å². The quantitative estimate of drug-likeness (QED) is 0.232. The maximum absolute atomic E-state index is 9.09. The van der Waals surface area contributed by atoms with Crippen molar-refractivity contribution in [1.29, 1.82) is 0 Å². The standard InChI is InChI=1S/C34H27N2P/c1-3-15-26(16-4-1)37(27-17-5-2-6-18-27)31-23-22-24-12-7-8-19-28(24)32(31)33-29-20-9-10-21-30(29)35-34(36-33)25-13-11-14-25/h1-10,12,15-23,25H,11,13-14H2/i25D. The lowest BCUT2D eigenvalue weighted by atomic mass is 9.84. The van der Waals surface area contributed by atoms with Crippen LogP contribution < -0.4 is 15.9 Å². The van der Waals surface area contributed by atoms with Gasteiger partial charge in [-0.05, 0) is 53.5 Å². The smallest absolute Gasteiger partial charge is 0.132 e. The lowest BCUT2D eigenvalue weighted by Crippen LogP contribution is -2.23. The summed E-state index contributed by atoms with van der Waals surface area (Å²) in [7, 11) is -0.854. The van der Waals surface area contributed by atoms with Gasteiger partial charge in [-0.1, -0.05) is 122 Å². The zero-order chi connectivity index (χ0) is 25.5. The Kier molecular flexibility index (Phi) is 5.48. The van der Waals surface area contributed by atoms with Crippen LogP contribution in [0.15, 0.2) is 121 Å². The van der Waals surface area contributed by atoms with Gasteiger partial charge in [-0.2, -0.15) is 0 Å². The molecule has 1 aliphatic carbocycles. The van der Waals surface area contributed by atoms with Crippen LogP contribution in [-0.4, -0.2) is 9.97 Å². The van der Waals surface area contributed by atoms with Crippen LogP contribution in [0.2, 0.25) is 0 Å². The third-order valence-corrected chi connectivity index (χ3v) is 9.77. The molecule has 0 saturated heterocycles. The molecule has 1 saturated carbocycles. The first-order valence-corrected chi connectivity index (χ1v) is 14.3. The minimum atomic E-state index is -0.854. The highest BCUT2D eigenvalue weighted by molar-refractivity contribution is 7.80. The summed E-state index contributed by atoms with van der Waals surface area (Å²) >= 11 is 0. The average molecular weight is 496 g/mol. The molecule has 0 atom stereocenters. The van der Waals surface area contributed by atoms with E-state index >= 15 is 0 Å². The number of para-hydroxylation sites is 1. The first-order valence-electron chi connectivity index (χ1n) is 13.4. The summed E-state index contributed by atoms with van der Waals surface area (Å²) in [6, 6.07) is 43.1. The van der Waals surface area contributed by atoms with E-state index in [1.165, 1.54) is 26.7 Å². The number of aromatic nitrogens is 2. The van der Waals surface area contributed by atoms with Crippen molar-refractivity contribution >= 4 is 45.5 Å². The molecule has 3 heteroatoms. The maximum Gasteiger partial charge on any atom is 0.132 e. The number of hydrogen-bond acceptors (Lipinski definition) is 2. The molecule has 0 aliphatic heterocycles. The first-order chi connectivity index (χ1) is 18.7. The van der Waals surface area contributed by atoms with E-state index in [9.17, 15) is 0 Å². The number of rotatable bonds is 5. The molecule has 1 fully saturated rings. The van der Waals surface area contributed by atoms with Crippen molar-refractivity contribution in [1.82, 2.24) is 9.97 Å². The molecule has 1 heterocycles. The predicted molar refractivity (Wildman–Crippen MR) is 158 cm³/mol. The molecule has 0 radical (unpaired) electrons. The second kappa shape index (κ2) is 9.54. The van der Waals surface area contributed by atoms with Crippen molar-refractivity contribution < 1.29 is 1.37 Å². The summed E-state index contributed by atoms with van der Waals surface area (Å²) in [5.74, 6) is -0.0484. The molecular formula is C34H27N2P. The van der Waals surface area contributed by atoms with Crippen molar-refractivity contribution in [2.45, 2.75) is 25.2 Å². The summed E-state index contributed by atoms with van der Waals surface area (Å²) in [6.45, 7) is 0. The van der Waals surface area contributed by atoms with Crippen molar-refractivity contribution in [3.63, 3.8) is 0 Å². The van der Waals surface area contributed by atoms with Gasteiger partial charge in [-0.15, -0.1) is 0 Å². The molecule has 7 rings (SSSR count). The largest absolute Gasteiger partial charge is 0.233 e. The molecular weight excluding hydrogens is 467 g/mol. The minimum Gasteiger partial charge on any atom is -0.233 e. The summed E-state index contributed by atoms with van der Waals surface area (Å²) in [5, 5.41) is 7.30. The van der Waals surface area contributed by atoms with E-state index in [-0.39, 0.29) is 0 Å². The Morgan fingerprint density at radius 3 is 1.92 bits per heavy atom. The van der Waals surface area contributed by atoms with Gasteiger partial charge in [0.25, 0.3) is 0 Å². The number of nitrogens with zero attached hydrogens (tertiary/aromatic N) is 2. The van der Waals surface area contributed by atoms with Crippen LogP contribution in [0, 0.1) is 0 Å². The van der Waals surface area contributed by atoms with E-state index < -0.39 is 13.8 Å². The second-order valence-corrected chi connectivity index (χ2v) is 11.7. The molecule has 0 amide bonds. The number of fused-ring (bicyclic) bond motifs is 2. The minimum absolute atomic E-state index is 0.653. The molecule has 1 aromatic heterocycles. The topological polar surface area (TPSA) is 25.8 Å². The van der Waals surface area contributed by atoms with Gasteiger partial charge in [-0.25, -0.2) is 9.97 Å². The van der Waals surface area contributed by atoms with Crippen LogP contribution >= 0.6 is 7.92 Å². The number of hydrogen-bond donors (Lipinski definition) is 0. The van der Waals surface area contributed by atoms with E-state index in [1.807, 2.05) is 6.07 Å². The highest BCUT2D eigenvalue weighted by Gasteiger charge is 2.27. The fraction of sp³-hybridized carbons (Fsp3) is 0.118. The molecule has 2 nitrogen and oxygen atoms in total. The first kappa shape index (κ1) is 21.2. The van der Waals surface area contributed by atoms with Crippen molar-refractivity contribution in [2.24, 2.45) is 0 Å². The van der Waals surface area contributed by atoms with Gasteiger partial charge in [0.1, 0.15) is 5.82 Å². The Bertz CT molecular complexity index is 1730. The van der Waals surface area contributed by atoms with Gasteiger partial charge in [0.05, 0.1) is 11.2 Å². The van der Waals surface area contributed by atoms with Crippen LogP contribution in [0.1, 0.15) is 32.4 Å². The molecule has 178 valence electrons. The van der Waals surface area contributed by atoms with Gasteiger partial charge < -0.3 is 0 Å². The molecule has 6 aromatic rings. The van der Waals surface area contributed by atoms with Gasteiger partial charge in [-0.3, -0.25) is 0 Å². The van der Waals surface area contributed by atoms with E-state index in [0.29, 0.717) is 5.82 Å². The van der Waals surface area contributed by atoms with Crippen molar-refractivity contribution in [3.8, 4) is 11.3 Å². The monoisotopic (exact) mass is 495 g/mol. The lowest BCUT2D eigenvalue weighted by molar-refractivity contribution is 0.403. The van der Waals surface area contributed by atoms with E-state index in [2.05, 4.69) is 115 Å². The SMILES string of the molecule is [2H]C1(c2nc(-c3c(P(c4ccccc4)c4ccccc4)ccc4ccccc34)c3ccccc3n2)CCC1. The van der Waals surface area contributed by atoms with E-state index in [4.69, 9.17) is 11.3 Å². The Labute approximate surface area is 220 Å². The van der Waals surface area contributed by atoms with Crippen LogP contribution in [0.3, 0.4) is 0 Å².